The highest BCUT2D eigenvalue weighted by Crippen LogP contribution is 2.30. The van der Waals surface area contributed by atoms with E-state index in [0.29, 0.717) is 19.1 Å². The fraction of sp³-hybridized carbons (Fsp3) is 0.529. The van der Waals surface area contributed by atoms with Crippen molar-refractivity contribution in [3.05, 3.63) is 23.8 Å². The molecule has 1 aromatic rings. The summed E-state index contributed by atoms with van der Waals surface area (Å²) >= 11 is 0. The maximum atomic E-state index is 12.4. The second-order valence-corrected chi connectivity index (χ2v) is 5.43. The fourth-order valence-corrected chi connectivity index (χ4v) is 1.94. The van der Waals surface area contributed by atoms with Crippen molar-refractivity contribution in [1.29, 1.82) is 0 Å². The molecule has 0 saturated heterocycles. The van der Waals surface area contributed by atoms with E-state index in [1.165, 1.54) is 11.0 Å². The molecular weight excluding hydrogens is 473 g/mol. The number of nitrogens with one attached hydrogen (secondary N) is 2. The van der Waals surface area contributed by atoms with Crippen molar-refractivity contribution < 1.29 is 23.0 Å². The number of carbonyl (C=O) groups is 1. The summed E-state index contributed by atoms with van der Waals surface area (Å²) in [6.07, 6.45) is 0. The predicted molar refractivity (Wildman–Crippen MR) is 111 cm³/mol. The van der Waals surface area contributed by atoms with Crippen LogP contribution >= 0.6 is 24.0 Å². The molecule has 0 fully saturated rings. The van der Waals surface area contributed by atoms with E-state index in [9.17, 15) is 13.6 Å². The van der Waals surface area contributed by atoms with Crippen LogP contribution in [0.4, 0.5) is 8.78 Å². The minimum Gasteiger partial charge on any atom is -0.490 e. The number of rotatable bonds is 9. The van der Waals surface area contributed by atoms with E-state index < -0.39 is 6.61 Å². The number of halogens is 3. The lowest BCUT2D eigenvalue weighted by atomic mass is 10.2. The van der Waals surface area contributed by atoms with Crippen molar-refractivity contribution in [2.24, 2.45) is 4.99 Å². The van der Waals surface area contributed by atoms with Gasteiger partial charge in [-0.25, -0.2) is 4.99 Å². The van der Waals surface area contributed by atoms with Crippen LogP contribution in [0.1, 0.15) is 19.4 Å². The maximum absolute atomic E-state index is 12.4. The second-order valence-electron chi connectivity index (χ2n) is 5.43. The standard InChI is InChI=1S/C17H26F2N4O3.HI/c1-5-20-17(22-11-15(24)23(3)4)21-10-12-7-8-13(26-16(18)19)14(9-12)25-6-2;/h7-9,16H,5-6,10-11H2,1-4H3,(H2,20,21,22);1H. The fourth-order valence-electron chi connectivity index (χ4n) is 1.94. The first-order chi connectivity index (χ1) is 12.4. The second kappa shape index (κ2) is 13.3. The molecule has 27 heavy (non-hydrogen) atoms. The van der Waals surface area contributed by atoms with Crippen molar-refractivity contribution >= 4 is 35.8 Å². The molecule has 0 aliphatic rings. The Bertz CT molecular complexity index is 616. The first kappa shape index (κ1) is 25.1. The summed E-state index contributed by atoms with van der Waals surface area (Å²) in [5, 5.41) is 5.98. The lowest BCUT2D eigenvalue weighted by molar-refractivity contribution is -0.127. The number of guanidine groups is 1. The summed E-state index contributed by atoms with van der Waals surface area (Å²) in [5.74, 6) is 0.619. The van der Waals surface area contributed by atoms with Crippen LogP contribution in [0, 0.1) is 0 Å². The molecule has 7 nitrogen and oxygen atoms in total. The van der Waals surface area contributed by atoms with Crippen LogP contribution in [0.25, 0.3) is 0 Å². The van der Waals surface area contributed by atoms with Crippen molar-refractivity contribution in [2.75, 3.05) is 33.8 Å². The molecule has 0 radical (unpaired) electrons. The van der Waals surface area contributed by atoms with E-state index in [0.717, 1.165) is 5.56 Å². The van der Waals surface area contributed by atoms with E-state index >= 15 is 0 Å². The monoisotopic (exact) mass is 500 g/mol. The van der Waals surface area contributed by atoms with Gasteiger partial charge in [0.15, 0.2) is 17.5 Å². The smallest absolute Gasteiger partial charge is 0.387 e. The minimum absolute atomic E-state index is 0. The highest BCUT2D eigenvalue weighted by molar-refractivity contribution is 14.0. The lowest BCUT2D eigenvalue weighted by Gasteiger charge is -2.14. The molecule has 1 aromatic carbocycles. The van der Waals surface area contributed by atoms with Gasteiger partial charge in [-0.3, -0.25) is 4.79 Å². The van der Waals surface area contributed by atoms with E-state index in [4.69, 9.17) is 4.74 Å². The number of hydrogen-bond acceptors (Lipinski definition) is 4. The topological polar surface area (TPSA) is 75.2 Å². The number of benzene rings is 1. The van der Waals surface area contributed by atoms with Crippen LogP contribution in [-0.2, 0) is 11.3 Å². The first-order valence-electron chi connectivity index (χ1n) is 8.30. The Morgan fingerprint density at radius 1 is 1.22 bits per heavy atom. The van der Waals surface area contributed by atoms with Crippen molar-refractivity contribution in [2.45, 2.75) is 27.0 Å². The highest BCUT2D eigenvalue weighted by Gasteiger charge is 2.12. The summed E-state index contributed by atoms with van der Waals surface area (Å²) in [5.41, 5.74) is 0.756. The van der Waals surface area contributed by atoms with Gasteiger partial charge in [0, 0.05) is 20.6 Å². The van der Waals surface area contributed by atoms with Gasteiger partial charge >= 0.3 is 6.61 Å². The zero-order valence-corrected chi connectivity index (χ0v) is 18.3. The SMILES string of the molecule is CCNC(=NCc1ccc(OC(F)F)c(OCC)c1)NCC(=O)N(C)C.I. The Morgan fingerprint density at radius 3 is 2.48 bits per heavy atom. The molecular formula is C17H27F2IN4O3. The zero-order valence-electron chi connectivity index (χ0n) is 15.9. The molecule has 0 aromatic heterocycles. The summed E-state index contributed by atoms with van der Waals surface area (Å²) in [6.45, 7) is 2.10. The Balaban J connectivity index is 0.00000676. The Labute approximate surface area is 175 Å². The Hall–Kier alpha value is -1.85. The van der Waals surface area contributed by atoms with Crippen LogP contribution in [0.5, 0.6) is 11.5 Å². The van der Waals surface area contributed by atoms with Gasteiger partial charge in [0.1, 0.15) is 0 Å². The summed E-state index contributed by atoms with van der Waals surface area (Å²) in [4.78, 5) is 17.5. The molecule has 1 rings (SSSR count). The van der Waals surface area contributed by atoms with E-state index in [1.54, 1.807) is 33.2 Å². The first-order valence-corrected chi connectivity index (χ1v) is 8.30. The molecule has 154 valence electrons. The van der Waals surface area contributed by atoms with Crippen LogP contribution in [-0.4, -0.2) is 57.2 Å². The zero-order chi connectivity index (χ0) is 19.5. The molecule has 0 aliphatic heterocycles. The highest BCUT2D eigenvalue weighted by atomic mass is 127. The summed E-state index contributed by atoms with van der Waals surface area (Å²) in [7, 11) is 3.35. The Kier molecular flexibility index (Phi) is 12.4. The number of amides is 1. The quantitative estimate of drug-likeness (QED) is 0.310. The molecule has 0 spiro atoms. The molecule has 0 saturated carbocycles. The number of hydrogen-bond donors (Lipinski definition) is 2. The largest absolute Gasteiger partial charge is 0.490 e. The molecule has 1 amide bonds. The van der Waals surface area contributed by atoms with Gasteiger partial charge in [0.05, 0.1) is 19.7 Å². The van der Waals surface area contributed by atoms with E-state index in [-0.39, 0.29) is 54.5 Å². The number of ether oxygens (including phenoxy) is 2. The van der Waals surface area contributed by atoms with Gasteiger partial charge in [-0.2, -0.15) is 8.78 Å². The Morgan fingerprint density at radius 2 is 1.93 bits per heavy atom. The normalized spacial score (nSPS) is 10.9. The third-order valence-electron chi connectivity index (χ3n) is 3.19. The van der Waals surface area contributed by atoms with Gasteiger partial charge < -0.3 is 25.0 Å². The number of alkyl halides is 2. The maximum Gasteiger partial charge on any atom is 0.387 e. The predicted octanol–water partition coefficient (Wildman–Crippen LogP) is 2.45. The van der Waals surface area contributed by atoms with Crippen molar-refractivity contribution in [3.8, 4) is 11.5 Å². The number of likely N-dealkylation sites (N-methyl/N-ethyl adjacent to an activating group) is 1. The molecule has 0 aliphatic carbocycles. The van der Waals surface area contributed by atoms with Crippen LogP contribution in [0.2, 0.25) is 0 Å². The van der Waals surface area contributed by atoms with E-state index in [1.807, 2.05) is 6.92 Å². The van der Waals surface area contributed by atoms with Crippen LogP contribution < -0.4 is 20.1 Å². The molecule has 10 heteroatoms. The van der Waals surface area contributed by atoms with Gasteiger partial charge in [-0.1, -0.05) is 6.07 Å². The van der Waals surface area contributed by atoms with Gasteiger partial charge in [0.25, 0.3) is 0 Å². The van der Waals surface area contributed by atoms with Gasteiger partial charge in [-0.05, 0) is 31.5 Å². The number of nitrogens with zero attached hydrogens (tertiary/aromatic N) is 2. The molecule has 0 bridgehead atoms. The van der Waals surface area contributed by atoms with Gasteiger partial charge in [-0.15, -0.1) is 24.0 Å². The van der Waals surface area contributed by atoms with Gasteiger partial charge in [0.2, 0.25) is 5.91 Å². The van der Waals surface area contributed by atoms with Crippen molar-refractivity contribution in [1.82, 2.24) is 15.5 Å². The molecule has 2 N–H and O–H groups in total. The van der Waals surface area contributed by atoms with Crippen LogP contribution in [0.15, 0.2) is 23.2 Å². The number of carbonyl (C=O) groups excluding carboxylic acids is 1. The average molecular weight is 500 g/mol. The summed E-state index contributed by atoms with van der Waals surface area (Å²) in [6, 6.07) is 4.68. The van der Waals surface area contributed by atoms with E-state index in [2.05, 4.69) is 20.4 Å². The third kappa shape index (κ3) is 9.59. The third-order valence-corrected chi connectivity index (χ3v) is 3.19. The number of aliphatic imine (C=N–C) groups is 1. The van der Waals surface area contributed by atoms with Crippen molar-refractivity contribution in [3.63, 3.8) is 0 Å². The molecule has 0 atom stereocenters. The molecule has 0 heterocycles. The summed E-state index contributed by atoms with van der Waals surface area (Å²) < 4.78 is 34.7. The lowest BCUT2D eigenvalue weighted by Crippen LogP contribution is -2.42. The van der Waals surface area contributed by atoms with Crippen LogP contribution in [0.3, 0.4) is 0 Å². The molecule has 0 unspecified atom stereocenters. The average Bonchev–Trinajstić information content (AvgIpc) is 2.58. The minimum atomic E-state index is -2.92.